The van der Waals surface area contributed by atoms with Crippen LogP contribution in [0, 0.1) is 11.3 Å². The molecule has 3 aromatic heterocycles. The van der Waals surface area contributed by atoms with Crippen molar-refractivity contribution in [2.75, 3.05) is 7.11 Å². The summed E-state index contributed by atoms with van der Waals surface area (Å²) in [5.41, 5.74) is -1.83. The highest BCUT2D eigenvalue weighted by molar-refractivity contribution is 7.12. The Bertz CT molecular complexity index is 1410. The van der Waals surface area contributed by atoms with Crippen LogP contribution in [0.2, 0.25) is 0 Å². The molecule has 4 aromatic rings. The first kappa shape index (κ1) is 17.4. The lowest BCUT2D eigenvalue weighted by Gasteiger charge is -2.13. The minimum Gasteiger partial charge on any atom is -0.497 e. The maximum atomic E-state index is 13.1. The molecule has 0 amide bonds. The monoisotopic (exact) mass is 393 g/mol. The van der Waals surface area contributed by atoms with Crippen LogP contribution in [0.1, 0.15) is 5.56 Å². The van der Waals surface area contributed by atoms with E-state index in [1.165, 1.54) is 13.3 Å². The molecule has 0 aliphatic rings. The van der Waals surface area contributed by atoms with Gasteiger partial charge in [-0.25, -0.2) is 14.3 Å². The van der Waals surface area contributed by atoms with Gasteiger partial charge in [-0.05, 0) is 17.7 Å². The maximum absolute atomic E-state index is 13.1. The Morgan fingerprint density at radius 3 is 2.54 bits per heavy atom. The van der Waals surface area contributed by atoms with Crippen LogP contribution in [0.15, 0.2) is 50.2 Å². The van der Waals surface area contributed by atoms with E-state index in [0.717, 1.165) is 15.9 Å². The number of fused-ring (bicyclic) bond motifs is 1. The lowest BCUT2D eigenvalue weighted by atomic mass is 9.98. The molecule has 0 saturated carbocycles. The molecule has 0 spiro atoms. The van der Waals surface area contributed by atoms with E-state index in [1.807, 2.05) is 6.07 Å². The number of pyridine rings is 1. The highest BCUT2D eigenvalue weighted by atomic mass is 32.1. The second-order valence-electron chi connectivity index (χ2n) is 5.68. The zero-order valence-corrected chi connectivity index (χ0v) is 15.2. The van der Waals surface area contributed by atoms with Crippen molar-refractivity contribution in [3.8, 4) is 28.1 Å². The molecule has 0 bridgehead atoms. The third-order valence-electron chi connectivity index (χ3n) is 4.16. The number of nitrogens with zero attached hydrogens (tertiary/aromatic N) is 3. The highest BCUT2D eigenvalue weighted by Gasteiger charge is 2.23. The van der Waals surface area contributed by atoms with Crippen molar-refractivity contribution in [3.63, 3.8) is 0 Å². The van der Waals surface area contributed by atoms with E-state index in [1.54, 1.807) is 29.6 Å². The van der Waals surface area contributed by atoms with Gasteiger partial charge in [0.2, 0.25) is 0 Å². The molecule has 0 radical (unpaired) electrons. The van der Waals surface area contributed by atoms with E-state index < -0.39 is 16.8 Å². The van der Waals surface area contributed by atoms with Gasteiger partial charge in [0.25, 0.3) is 11.1 Å². The minimum atomic E-state index is -0.771. The van der Waals surface area contributed by atoms with E-state index >= 15 is 0 Å². The summed E-state index contributed by atoms with van der Waals surface area (Å²) in [4.78, 5) is 46.4. The molecule has 1 aromatic carbocycles. The molecule has 9 nitrogen and oxygen atoms in total. The SMILES string of the molecule is COc1ccc(-c2c(C#N)c(=O)n(-c3nccs3)c3[nH]c(=O)[nH]c(=O)c23)cc1. The quantitative estimate of drug-likeness (QED) is 0.540. The van der Waals surface area contributed by atoms with Crippen LogP contribution < -0.4 is 21.5 Å². The van der Waals surface area contributed by atoms with Crippen molar-refractivity contribution in [1.82, 2.24) is 19.5 Å². The van der Waals surface area contributed by atoms with Gasteiger partial charge in [-0.1, -0.05) is 12.1 Å². The van der Waals surface area contributed by atoms with Gasteiger partial charge in [0.05, 0.1) is 12.5 Å². The molecule has 138 valence electrons. The van der Waals surface area contributed by atoms with E-state index in [4.69, 9.17) is 4.74 Å². The van der Waals surface area contributed by atoms with Crippen LogP contribution in [0.4, 0.5) is 0 Å². The number of rotatable bonds is 3. The molecule has 0 saturated heterocycles. The summed E-state index contributed by atoms with van der Waals surface area (Å²) in [6.45, 7) is 0. The topological polar surface area (TPSA) is 134 Å². The number of ether oxygens (including phenoxy) is 1. The summed E-state index contributed by atoms with van der Waals surface area (Å²) in [6, 6.07) is 8.45. The van der Waals surface area contributed by atoms with Gasteiger partial charge in [0.15, 0.2) is 5.13 Å². The summed E-state index contributed by atoms with van der Waals surface area (Å²) in [7, 11) is 1.51. The average Bonchev–Trinajstić information content (AvgIpc) is 3.21. The third kappa shape index (κ3) is 2.62. The summed E-state index contributed by atoms with van der Waals surface area (Å²) in [5, 5.41) is 11.6. The molecule has 0 unspecified atom stereocenters. The van der Waals surface area contributed by atoms with Crippen LogP contribution in [0.5, 0.6) is 5.75 Å². The van der Waals surface area contributed by atoms with Crippen molar-refractivity contribution in [2.24, 2.45) is 0 Å². The Hall–Kier alpha value is -3.97. The van der Waals surface area contributed by atoms with Gasteiger partial charge >= 0.3 is 5.69 Å². The van der Waals surface area contributed by atoms with Crippen LogP contribution in [-0.4, -0.2) is 26.6 Å². The largest absolute Gasteiger partial charge is 0.497 e. The van der Waals surface area contributed by atoms with Crippen LogP contribution in [0.25, 0.3) is 27.3 Å². The minimum absolute atomic E-state index is 0.0103. The highest BCUT2D eigenvalue weighted by Crippen LogP contribution is 2.29. The number of thiazole rings is 1. The van der Waals surface area contributed by atoms with Crippen molar-refractivity contribution >= 4 is 22.4 Å². The van der Waals surface area contributed by atoms with Gasteiger partial charge < -0.3 is 4.74 Å². The predicted octanol–water partition coefficient (Wildman–Crippen LogP) is 1.37. The zero-order chi connectivity index (χ0) is 19.8. The molecule has 0 aliphatic heterocycles. The number of methoxy groups -OCH3 is 1. The standard InChI is InChI=1S/C18H11N5O4S/c1-27-10-4-2-9(3-5-10)12-11(8-19)16(25)23(18-20-6-7-28-18)14-13(12)15(24)22-17(26)21-14/h2-7H,1H3,(H2,21,22,24,26). The number of nitriles is 1. The number of H-pyrrole nitrogens is 2. The Morgan fingerprint density at radius 1 is 1.18 bits per heavy atom. The second kappa shape index (κ2) is 6.64. The van der Waals surface area contributed by atoms with Crippen molar-refractivity contribution in [1.29, 1.82) is 5.26 Å². The number of aromatic amines is 2. The molecule has 3 heterocycles. The van der Waals surface area contributed by atoms with Gasteiger partial charge in [-0.15, -0.1) is 11.3 Å². The zero-order valence-electron chi connectivity index (χ0n) is 14.3. The van der Waals surface area contributed by atoms with E-state index in [0.29, 0.717) is 11.3 Å². The normalized spacial score (nSPS) is 10.7. The number of nitrogens with one attached hydrogen (secondary N) is 2. The summed E-state index contributed by atoms with van der Waals surface area (Å²) in [5.74, 6) is 0.574. The first-order valence-electron chi connectivity index (χ1n) is 7.95. The fourth-order valence-corrected chi connectivity index (χ4v) is 3.62. The summed E-state index contributed by atoms with van der Waals surface area (Å²) in [6.07, 6.45) is 1.48. The van der Waals surface area contributed by atoms with Crippen LogP contribution >= 0.6 is 11.3 Å². The second-order valence-corrected chi connectivity index (χ2v) is 6.55. The Morgan fingerprint density at radius 2 is 1.93 bits per heavy atom. The van der Waals surface area contributed by atoms with Gasteiger partial charge in [-0.2, -0.15) is 5.26 Å². The smallest absolute Gasteiger partial charge is 0.327 e. The number of hydrogen-bond donors (Lipinski definition) is 2. The molecule has 0 atom stereocenters. The molecular weight excluding hydrogens is 382 g/mol. The molecular formula is C18H11N5O4S. The van der Waals surface area contributed by atoms with Gasteiger partial charge in [0, 0.05) is 17.1 Å². The van der Waals surface area contributed by atoms with Crippen LogP contribution in [0.3, 0.4) is 0 Å². The van der Waals surface area contributed by atoms with E-state index in [2.05, 4.69) is 15.0 Å². The Labute approximate surface area is 160 Å². The molecule has 0 aliphatic carbocycles. The fraction of sp³-hybridized carbons (Fsp3) is 0.0556. The lowest BCUT2D eigenvalue weighted by Crippen LogP contribution is -2.30. The van der Waals surface area contributed by atoms with E-state index in [-0.39, 0.29) is 27.3 Å². The summed E-state index contributed by atoms with van der Waals surface area (Å²) >= 11 is 1.13. The third-order valence-corrected chi connectivity index (χ3v) is 4.92. The molecule has 4 rings (SSSR count). The molecule has 10 heteroatoms. The summed E-state index contributed by atoms with van der Waals surface area (Å²) < 4.78 is 6.20. The lowest BCUT2D eigenvalue weighted by molar-refractivity contribution is 0.415. The first-order chi connectivity index (χ1) is 13.5. The molecule has 2 N–H and O–H groups in total. The number of benzene rings is 1. The number of aromatic nitrogens is 4. The van der Waals surface area contributed by atoms with Gasteiger partial charge in [-0.3, -0.25) is 19.6 Å². The average molecular weight is 393 g/mol. The fourth-order valence-electron chi connectivity index (χ4n) is 2.98. The van der Waals surface area contributed by atoms with E-state index in [9.17, 15) is 19.6 Å². The van der Waals surface area contributed by atoms with Crippen molar-refractivity contribution in [3.05, 3.63) is 72.6 Å². The van der Waals surface area contributed by atoms with Crippen molar-refractivity contribution < 1.29 is 4.74 Å². The molecule has 0 fully saturated rings. The Balaban J connectivity index is 2.24. The predicted molar refractivity (Wildman–Crippen MR) is 103 cm³/mol. The van der Waals surface area contributed by atoms with Crippen LogP contribution in [-0.2, 0) is 0 Å². The first-order valence-corrected chi connectivity index (χ1v) is 8.83. The van der Waals surface area contributed by atoms with Gasteiger partial charge in [0.1, 0.15) is 23.0 Å². The van der Waals surface area contributed by atoms with Crippen molar-refractivity contribution in [2.45, 2.75) is 0 Å². The maximum Gasteiger partial charge on any atom is 0.327 e. The molecule has 28 heavy (non-hydrogen) atoms. The Kier molecular flexibility index (Phi) is 4.14. The number of hydrogen-bond acceptors (Lipinski definition) is 7.